The van der Waals surface area contributed by atoms with Crippen molar-refractivity contribution in [2.45, 2.75) is 10.7 Å². The van der Waals surface area contributed by atoms with E-state index in [2.05, 4.69) is 0 Å². The molecule has 2 aliphatic heterocycles. The molecule has 2 aliphatic rings. The Morgan fingerprint density at radius 3 is 1.33 bits per heavy atom. The first-order chi connectivity index (χ1) is 25.5. The normalized spacial score (nSPS) is 17.3. The highest BCUT2D eigenvalue weighted by Crippen LogP contribution is 2.45. The van der Waals surface area contributed by atoms with E-state index in [1.807, 2.05) is 141 Å². The first kappa shape index (κ1) is 33.7. The molecule has 2 saturated heterocycles. The van der Waals surface area contributed by atoms with E-state index in [1.54, 1.807) is 37.7 Å². The van der Waals surface area contributed by atoms with Crippen molar-refractivity contribution in [3.05, 3.63) is 133 Å². The van der Waals surface area contributed by atoms with Crippen LogP contribution in [0.15, 0.2) is 122 Å². The van der Waals surface area contributed by atoms with Crippen molar-refractivity contribution >= 4 is 35.3 Å². The summed E-state index contributed by atoms with van der Waals surface area (Å²) in [6.45, 7) is 0.755. The Morgan fingerprint density at radius 1 is 0.577 bits per heavy atom. The van der Waals surface area contributed by atoms with E-state index in [-0.39, 0.29) is 22.6 Å². The number of para-hydroxylation sites is 2. The summed E-state index contributed by atoms with van der Waals surface area (Å²) >= 11 is 3.17. The molecule has 0 N–H and O–H groups in total. The number of aromatic nitrogens is 4. The highest BCUT2D eigenvalue weighted by Gasteiger charge is 2.40. The van der Waals surface area contributed by atoms with Crippen molar-refractivity contribution in [1.82, 2.24) is 29.4 Å². The molecule has 10 nitrogen and oxygen atoms in total. The first-order valence-electron chi connectivity index (χ1n) is 16.9. The second-order valence-electron chi connectivity index (χ2n) is 12.4. The van der Waals surface area contributed by atoms with E-state index in [0.717, 1.165) is 56.5 Å². The van der Waals surface area contributed by atoms with Crippen LogP contribution in [0.2, 0.25) is 0 Å². The van der Waals surface area contributed by atoms with Gasteiger partial charge in [-0.3, -0.25) is 9.59 Å². The predicted molar refractivity (Wildman–Crippen MR) is 205 cm³/mol. The third-order valence-electron chi connectivity index (χ3n) is 9.30. The van der Waals surface area contributed by atoms with Crippen LogP contribution in [0.4, 0.5) is 0 Å². The summed E-state index contributed by atoms with van der Waals surface area (Å²) in [6, 6.07) is 35.6. The summed E-state index contributed by atoms with van der Waals surface area (Å²) in [5, 5.41) is 9.50. The minimum Gasteiger partial charge on any atom is -0.497 e. The summed E-state index contributed by atoms with van der Waals surface area (Å²) in [5.41, 5.74) is 7.19. The number of ether oxygens (including phenoxy) is 2. The Labute approximate surface area is 310 Å². The molecule has 52 heavy (non-hydrogen) atoms. The Hall–Kier alpha value is -5.46. The van der Waals surface area contributed by atoms with Crippen molar-refractivity contribution in [3.8, 4) is 45.4 Å². The molecule has 0 spiro atoms. The van der Waals surface area contributed by atoms with Crippen LogP contribution in [-0.4, -0.2) is 80.0 Å². The molecule has 12 heteroatoms. The first-order valence-corrected chi connectivity index (χ1v) is 19.0. The van der Waals surface area contributed by atoms with Crippen molar-refractivity contribution in [2.24, 2.45) is 0 Å². The molecule has 4 aromatic carbocycles. The number of benzene rings is 4. The van der Waals surface area contributed by atoms with Crippen LogP contribution < -0.4 is 9.47 Å². The van der Waals surface area contributed by atoms with Gasteiger partial charge in [-0.25, -0.2) is 9.36 Å². The maximum Gasteiger partial charge on any atom is 0.233 e. The van der Waals surface area contributed by atoms with E-state index in [4.69, 9.17) is 19.7 Å². The fraction of sp³-hybridized carbons (Fsp3) is 0.200. The smallest absolute Gasteiger partial charge is 0.233 e. The Kier molecular flexibility index (Phi) is 9.48. The average molecular weight is 729 g/mol. The van der Waals surface area contributed by atoms with Gasteiger partial charge in [0.25, 0.3) is 0 Å². The zero-order valence-corrected chi connectivity index (χ0v) is 30.3. The zero-order chi connectivity index (χ0) is 35.6. The van der Waals surface area contributed by atoms with Crippen LogP contribution in [0.1, 0.15) is 21.9 Å². The third-order valence-corrected chi connectivity index (χ3v) is 11.8. The number of thioether (sulfide) groups is 2. The summed E-state index contributed by atoms with van der Waals surface area (Å²) in [7, 11) is 3.29. The number of nitrogens with zero attached hydrogens (tertiary/aromatic N) is 6. The van der Waals surface area contributed by atoms with Crippen molar-refractivity contribution in [1.29, 1.82) is 0 Å². The molecule has 0 bridgehead atoms. The molecular weight excluding hydrogens is 693 g/mol. The molecule has 2 fully saturated rings. The average Bonchev–Trinajstić information content (AvgIpc) is 4.00. The van der Waals surface area contributed by atoms with Crippen LogP contribution in [-0.2, 0) is 9.59 Å². The highest BCUT2D eigenvalue weighted by molar-refractivity contribution is 8.00. The molecule has 0 unspecified atom stereocenters. The van der Waals surface area contributed by atoms with Crippen LogP contribution in [0.25, 0.3) is 33.9 Å². The van der Waals surface area contributed by atoms with E-state index in [1.165, 1.54) is 0 Å². The molecular formula is C40H36N6O4S2. The van der Waals surface area contributed by atoms with Crippen molar-refractivity contribution in [3.63, 3.8) is 0 Å². The number of hydrogen-bond acceptors (Lipinski definition) is 8. The predicted octanol–water partition coefficient (Wildman–Crippen LogP) is 7.26. The van der Waals surface area contributed by atoms with Gasteiger partial charge in [-0.1, -0.05) is 36.4 Å². The topological polar surface area (TPSA) is 94.7 Å². The molecule has 0 aliphatic carbocycles. The summed E-state index contributed by atoms with van der Waals surface area (Å²) in [6.07, 6.45) is 4.05. The van der Waals surface area contributed by atoms with E-state index in [9.17, 15) is 9.59 Å². The second kappa shape index (κ2) is 14.6. The van der Waals surface area contributed by atoms with Crippen LogP contribution in [0.3, 0.4) is 0 Å². The molecule has 2 amide bonds. The van der Waals surface area contributed by atoms with Gasteiger partial charge in [0.2, 0.25) is 11.8 Å². The Morgan fingerprint density at radius 2 is 0.962 bits per heavy atom. The monoisotopic (exact) mass is 728 g/mol. The van der Waals surface area contributed by atoms with Crippen LogP contribution in [0, 0.1) is 0 Å². The summed E-state index contributed by atoms with van der Waals surface area (Å²) in [5.74, 6) is 2.28. The van der Waals surface area contributed by atoms with Gasteiger partial charge < -0.3 is 19.3 Å². The van der Waals surface area contributed by atoms with Gasteiger partial charge >= 0.3 is 0 Å². The standard InChI is InChI=1S/C40H36N6O4S2/c1-49-31-17-13-27(14-18-31)37-33(23-45(41-37)29-9-5-3-6-10-29)39-43(35(47)25-51-39)21-22-44-36(48)26-52-40(44)34-24-46(30-11-7-4-8-12-30)42-38(34)28-15-19-32(50-2)20-16-28/h3-20,23-24,39-40H,21-22,25-26H2,1-2H3/t39-,40-/m0/s1. The molecule has 8 rings (SSSR count). The van der Waals surface area contributed by atoms with Gasteiger partial charge in [-0.05, 0) is 72.8 Å². The number of carbonyl (C=O) groups excluding carboxylic acids is 2. The maximum atomic E-state index is 13.6. The fourth-order valence-corrected chi connectivity index (χ4v) is 9.07. The molecule has 262 valence electrons. The number of hydrogen-bond donors (Lipinski definition) is 0. The number of methoxy groups -OCH3 is 2. The summed E-state index contributed by atoms with van der Waals surface area (Å²) in [4.78, 5) is 31.0. The van der Waals surface area contributed by atoms with E-state index < -0.39 is 0 Å². The van der Waals surface area contributed by atoms with E-state index >= 15 is 0 Å². The van der Waals surface area contributed by atoms with Gasteiger partial charge in [-0.2, -0.15) is 10.2 Å². The van der Waals surface area contributed by atoms with E-state index in [0.29, 0.717) is 24.6 Å². The Bertz CT molecular complexity index is 2030. The molecule has 0 radical (unpaired) electrons. The molecule has 0 saturated carbocycles. The van der Waals surface area contributed by atoms with Gasteiger partial charge in [0.15, 0.2) is 0 Å². The second-order valence-corrected chi connectivity index (χ2v) is 14.5. The molecule has 2 aromatic heterocycles. The highest BCUT2D eigenvalue weighted by atomic mass is 32.2. The maximum absolute atomic E-state index is 13.6. The minimum absolute atomic E-state index is 0.0369. The van der Waals surface area contributed by atoms with Gasteiger partial charge in [-0.15, -0.1) is 23.5 Å². The number of carbonyl (C=O) groups is 2. The fourth-order valence-electron chi connectivity index (χ4n) is 6.63. The lowest BCUT2D eigenvalue weighted by molar-refractivity contribution is -0.132. The third kappa shape index (κ3) is 6.55. The molecule has 2 atom stereocenters. The number of amides is 2. The largest absolute Gasteiger partial charge is 0.497 e. The van der Waals surface area contributed by atoms with Crippen LogP contribution >= 0.6 is 23.5 Å². The molecule has 4 heterocycles. The Balaban J connectivity index is 1.11. The SMILES string of the molecule is COc1ccc(-c2nn(-c3ccccc3)cc2[C@@H]2SCC(=O)N2CCN2C(=O)CS[C@H]2c2cn(-c3ccccc3)nc2-c2ccc(OC)cc2)cc1. The van der Waals surface area contributed by atoms with Crippen molar-refractivity contribution in [2.75, 3.05) is 38.8 Å². The lowest BCUT2D eigenvalue weighted by Crippen LogP contribution is -2.39. The minimum atomic E-state index is -0.276. The molecule has 6 aromatic rings. The van der Waals surface area contributed by atoms with Gasteiger partial charge in [0.05, 0.1) is 48.5 Å². The lowest BCUT2D eigenvalue weighted by Gasteiger charge is -2.29. The lowest BCUT2D eigenvalue weighted by atomic mass is 10.1. The van der Waals surface area contributed by atoms with Crippen LogP contribution in [0.5, 0.6) is 11.5 Å². The quantitative estimate of drug-likeness (QED) is 0.138. The summed E-state index contributed by atoms with van der Waals surface area (Å²) < 4.78 is 14.6. The van der Waals surface area contributed by atoms with Crippen molar-refractivity contribution < 1.29 is 19.1 Å². The van der Waals surface area contributed by atoms with Gasteiger partial charge in [0.1, 0.15) is 22.2 Å². The number of rotatable bonds is 11. The van der Waals surface area contributed by atoms with Gasteiger partial charge in [0, 0.05) is 47.7 Å². The zero-order valence-electron chi connectivity index (χ0n) is 28.7.